The molecule has 0 bridgehead atoms. The molecule has 3 rings (SSSR count). The molecule has 0 amide bonds. The molecule has 1 aromatic carbocycles. The van der Waals surface area contributed by atoms with Gasteiger partial charge in [-0.15, -0.1) is 11.8 Å². The normalized spacial score (nSPS) is 31.0. The molecule has 0 spiro atoms. The number of hydrogen-bond acceptors (Lipinski definition) is 3. The fourth-order valence-corrected chi connectivity index (χ4v) is 3.65. The summed E-state index contributed by atoms with van der Waals surface area (Å²) in [6.45, 7) is 3.79. The lowest BCUT2D eigenvalue weighted by molar-refractivity contribution is 0.134. The van der Waals surface area contributed by atoms with Gasteiger partial charge in [-0.3, -0.25) is 0 Å². The minimum Gasteiger partial charge on any atom is -0.489 e. The summed E-state index contributed by atoms with van der Waals surface area (Å²) in [5, 5.41) is 20.6. The van der Waals surface area contributed by atoms with Crippen LogP contribution in [0.3, 0.4) is 0 Å². The zero-order chi connectivity index (χ0) is 16.4. The Balaban J connectivity index is 1.74. The Morgan fingerprint density at radius 1 is 1.39 bits per heavy atom. The predicted molar refractivity (Wildman–Crippen MR) is 90.1 cm³/mol. The molecule has 1 fully saturated rings. The van der Waals surface area contributed by atoms with Crippen molar-refractivity contribution in [1.82, 2.24) is 0 Å². The van der Waals surface area contributed by atoms with Gasteiger partial charge in [-0.2, -0.15) is 0 Å². The number of aliphatic hydroxyl groups is 2. The molecule has 2 aliphatic rings. The van der Waals surface area contributed by atoms with Crippen LogP contribution in [0.25, 0.3) is 0 Å². The van der Waals surface area contributed by atoms with Gasteiger partial charge in [-0.1, -0.05) is 37.3 Å². The molecule has 1 aliphatic heterocycles. The van der Waals surface area contributed by atoms with Crippen molar-refractivity contribution in [1.29, 1.82) is 0 Å². The number of fused-ring (bicyclic) bond motifs is 3. The predicted octanol–water partition coefficient (Wildman–Crippen LogP) is 2.88. The van der Waals surface area contributed by atoms with E-state index in [2.05, 4.69) is 17.9 Å². The largest absolute Gasteiger partial charge is 0.489 e. The van der Waals surface area contributed by atoms with Crippen LogP contribution in [0, 0.1) is 23.7 Å². The van der Waals surface area contributed by atoms with E-state index < -0.39 is 12.2 Å². The molecule has 0 saturated heterocycles. The molecular weight excluding hydrogens is 288 g/mol. The van der Waals surface area contributed by atoms with Crippen molar-refractivity contribution in [2.24, 2.45) is 11.8 Å². The van der Waals surface area contributed by atoms with Crippen LogP contribution in [-0.2, 0) is 0 Å². The number of rotatable bonds is 4. The Morgan fingerprint density at radius 3 is 2.96 bits per heavy atom. The van der Waals surface area contributed by atoms with Gasteiger partial charge in [0.1, 0.15) is 11.9 Å². The van der Waals surface area contributed by atoms with Crippen molar-refractivity contribution in [2.45, 2.75) is 50.9 Å². The molecule has 2 N–H and O–H groups in total. The first-order valence-electron chi connectivity index (χ1n) is 8.31. The Bertz CT molecular complexity index is 640. The molecule has 1 heterocycles. The highest BCUT2D eigenvalue weighted by molar-refractivity contribution is 5.43. The molecule has 0 aromatic heterocycles. The van der Waals surface area contributed by atoms with E-state index in [1.807, 2.05) is 44.2 Å². The van der Waals surface area contributed by atoms with Gasteiger partial charge in [0.15, 0.2) is 0 Å². The number of aliphatic hydroxyl groups excluding tert-OH is 2. The van der Waals surface area contributed by atoms with E-state index >= 15 is 0 Å². The Kier molecular flexibility index (Phi) is 4.75. The third kappa shape index (κ3) is 3.15. The molecule has 6 atom stereocenters. The monoisotopic (exact) mass is 312 g/mol. The summed E-state index contributed by atoms with van der Waals surface area (Å²) in [4.78, 5) is 0. The van der Waals surface area contributed by atoms with Crippen LogP contribution < -0.4 is 4.74 Å². The minimum absolute atomic E-state index is 0.0113. The highest BCUT2D eigenvalue weighted by atomic mass is 16.5. The molecule has 1 saturated carbocycles. The zero-order valence-electron chi connectivity index (χ0n) is 13.6. The topological polar surface area (TPSA) is 49.7 Å². The average molecular weight is 312 g/mol. The van der Waals surface area contributed by atoms with E-state index in [1.165, 1.54) is 5.56 Å². The number of ether oxygens (including phenoxy) is 1. The van der Waals surface area contributed by atoms with Crippen LogP contribution in [0.15, 0.2) is 36.4 Å². The van der Waals surface area contributed by atoms with Crippen molar-refractivity contribution in [3.8, 4) is 17.6 Å². The molecule has 0 unspecified atom stereocenters. The van der Waals surface area contributed by atoms with Crippen LogP contribution >= 0.6 is 0 Å². The van der Waals surface area contributed by atoms with Crippen LogP contribution in [0.2, 0.25) is 0 Å². The van der Waals surface area contributed by atoms with Crippen molar-refractivity contribution < 1.29 is 14.9 Å². The van der Waals surface area contributed by atoms with Crippen LogP contribution in [-0.4, -0.2) is 28.5 Å². The first-order valence-corrected chi connectivity index (χ1v) is 8.31. The molecule has 122 valence electrons. The number of hydrogen-bond donors (Lipinski definition) is 2. The third-order valence-corrected chi connectivity index (χ3v) is 5.00. The van der Waals surface area contributed by atoms with Gasteiger partial charge in [0.25, 0.3) is 0 Å². The molecule has 3 heteroatoms. The lowest BCUT2D eigenvalue weighted by Crippen LogP contribution is -2.19. The fourth-order valence-electron chi connectivity index (χ4n) is 3.65. The van der Waals surface area contributed by atoms with Crippen molar-refractivity contribution in [3.05, 3.63) is 42.0 Å². The summed E-state index contributed by atoms with van der Waals surface area (Å²) in [5.74, 6) is 7.04. The Labute approximate surface area is 138 Å². The first-order chi connectivity index (χ1) is 11.1. The van der Waals surface area contributed by atoms with Gasteiger partial charge in [-0.05, 0) is 18.9 Å². The van der Waals surface area contributed by atoms with Gasteiger partial charge in [0, 0.05) is 30.2 Å². The van der Waals surface area contributed by atoms with Crippen LogP contribution in [0.5, 0.6) is 5.75 Å². The van der Waals surface area contributed by atoms with Crippen molar-refractivity contribution >= 4 is 0 Å². The first kappa shape index (κ1) is 16.1. The smallest absolute Gasteiger partial charge is 0.123 e. The maximum atomic E-state index is 10.4. The number of para-hydroxylation sites is 1. The van der Waals surface area contributed by atoms with E-state index in [-0.39, 0.29) is 23.9 Å². The fraction of sp³-hybridized carbons (Fsp3) is 0.500. The summed E-state index contributed by atoms with van der Waals surface area (Å²) in [6, 6.07) is 8.05. The highest BCUT2D eigenvalue weighted by Crippen LogP contribution is 2.50. The van der Waals surface area contributed by atoms with Crippen molar-refractivity contribution in [3.63, 3.8) is 0 Å². The molecule has 3 nitrogen and oxygen atoms in total. The highest BCUT2D eigenvalue weighted by Gasteiger charge is 2.48. The summed E-state index contributed by atoms with van der Waals surface area (Å²) in [6.07, 6.45) is 4.18. The van der Waals surface area contributed by atoms with Gasteiger partial charge >= 0.3 is 0 Å². The van der Waals surface area contributed by atoms with Gasteiger partial charge in [0.05, 0.1) is 12.2 Å². The van der Waals surface area contributed by atoms with Gasteiger partial charge < -0.3 is 14.9 Å². The van der Waals surface area contributed by atoms with Crippen LogP contribution in [0.1, 0.15) is 38.2 Å². The third-order valence-electron chi connectivity index (χ3n) is 5.00. The van der Waals surface area contributed by atoms with Gasteiger partial charge in [0.2, 0.25) is 0 Å². The quantitative estimate of drug-likeness (QED) is 0.664. The Morgan fingerprint density at radius 2 is 2.17 bits per heavy atom. The van der Waals surface area contributed by atoms with Gasteiger partial charge in [-0.25, -0.2) is 0 Å². The van der Waals surface area contributed by atoms with E-state index in [0.717, 1.165) is 5.75 Å². The second kappa shape index (κ2) is 6.78. The average Bonchev–Trinajstić information content (AvgIpc) is 3.05. The molecule has 23 heavy (non-hydrogen) atoms. The second-order valence-electron chi connectivity index (χ2n) is 6.58. The Hall–Kier alpha value is -1.76. The van der Waals surface area contributed by atoms with Crippen molar-refractivity contribution in [2.75, 3.05) is 0 Å². The zero-order valence-corrected chi connectivity index (χ0v) is 13.6. The SMILES string of the molecule is CC#CC[C@H](C)[C@H](O)/C=C/[C@@H]1[C@H]2c3ccccc3O[C@H]2C[C@H]1O. The number of benzene rings is 1. The molecule has 1 aromatic rings. The standard InChI is InChI=1S/C20H24O3/c1-3-4-7-13(2)16(21)11-10-14-17(22)12-19-20(14)15-8-5-6-9-18(15)23-19/h5-6,8-11,13-14,16-17,19-22H,7,12H2,1-2H3/b11-10+/t13-,14-,16+,17+,19-,20-/m0/s1. The van der Waals surface area contributed by atoms with E-state index in [0.29, 0.717) is 12.8 Å². The molecular formula is C20H24O3. The van der Waals surface area contributed by atoms with Crippen LogP contribution in [0.4, 0.5) is 0 Å². The maximum absolute atomic E-state index is 10.4. The molecule has 0 radical (unpaired) electrons. The lowest BCUT2D eigenvalue weighted by Gasteiger charge is -2.18. The maximum Gasteiger partial charge on any atom is 0.123 e. The van der Waals surface area contributed by atoms with E-state index in [1.54, 1.807) is 0 Å². The summed E-state index contributed by atoms with van der Waals surface area (Å²) in [7, 11) is 0. The lowest BCUT2D eigenvalue weighted by atomic mass is 9.87. The molecule has 1 aliphatic carbocycles. The van der Waals surface area contributed by atoms with E-state index in [4.69, 9.17) is 4.74 Å². The second-order valence-corrected chi connectivity index (χ2v) is 6.58. The summed E-state index contributed by atoms with van der Waals surface area (Å²) >= 11 is 0. The van der Waals surface area contributed by atoms with E-state index in [9.17, 15) is 10.2 Å². The summed E-state index contributed by atoms with van der Waals surface area (Å²) in [5.41, 5.74) is 1.17. The summed E-state index contributed by atoms with van der Waals surface area (Å²) < 4.78 is 5.96. The minimum atomic E-state index is -0.542.